The molecule has 0 spiro atoms. The van der Waals surface area contributed by atoms with Crippen LogP contribution in [-0.2, 0) is 4.79 Å². The van der Waals surface area contributed by atoms with Gasteiger partial charge >= 0.3 is 0 Å². The Balaban J connectivity index is 2.05. The van der Waals surface area contributed by atoms with Gasteiger partial charge in [0.1, 0.15) is 0 Å². The van der Waals surface area contributed by atoms with Crippen molar-refractivity contribution in [3.8, 4) is 5.75 Å². The van der Waals surface area contributed by atoms with Crippen molar-refractivity contribution >= 4 is 5.91 Å². The molecule has 0 saturated carbocycles. The van der Waals surface area contributed by atoms with Crippen molar-refractivity contribution in [3.63, 3.8) is 0 Å². The summed E-state index contributed by atoms with van der Waals surface area (Å²) in [5.41, 5.74) is 0.726. The van der Waals surface area contributed by atoms with Crippen LogP contribution in [0.2, 0.25) is 0 Å². The van der Waals surface area contributed by atoms with Crippen LogP contribution in [0.5, 0.6) is 5.75 Å². The summed E-state index contributed by atoms with van der Waals surface area (Å²) >= 11 is 0. The van der Waals surface area contributed by atoms with Crippen molar-refractivity contribution in [3.05, 3.63) is 29.6 Å². The summed E-state index contributed by atoms with van der Waals surface area (Å²) in [5.74, 6) is -0.132. The van der Waals surface area contributed by atoms with E-state index in [1.807, 2.05) is 18.7 Å². The van der Waals surface area contributed by atoms with Gasteiger partial charge in [0.25, 0.3) is 0 Å². The zero-order valence-electron chi connectivity index (χ0n) is 12.0. The number of carbonyl (C=O) groups excluding carboxylic acids is 1. The molecule has 4 nitrogen and oxygen atoms in total. The van der Waals surface area contributed by atoms with Gasteiger partial charge in [0.05, 0.1) is 19.2 Å². The Morgan fingerprint density at radius 3 is 2.90 bits per heavy atom. The quantitative estimate of drug-likeness (QED) is 0.898. The molecular formula is C15H21FN2O2. The highest BCUT2D eigenvalue weighted by atomic mass is 19.1. The second kappa shape index (κ2) is 6.70. The van der Waals surface area contributed by atoms with E-state index in [1.165, 1.54) is 6.07 Å². The van der Waals surface area contributed by atoms with Crippen molar-refractivity contribution in [2.24, 2.45) is 0 Å². The van der Waals surface area contributed by atoms with Gasteiger partial charge in [-0.05, 0) is 19.2 Å². The number of carbonyl (C=O) groups is 1. The minimum absolute atomic E-state index is 0.0317. The topological polar surface area (TPSA) is 41.6 Å². The van der Waals surface area contributed by atoms with Gasteiger partial charge in [0.2, 0.25) is 5.91 Å². The molecule has 0 aromatic heterocycles. The molecule has 1 aromatic carbocycles. The Kier molecular flexibility index (Phi) is 4.95. The number of hydrogen-bond acceptors (Lipinski definition) is 3. The third kappa shape index (κ3) is 3.28. The molecular weight excluding hydrogens is 259 g/mol. The zero-order valence-corrected chi connectivity index (χ0v) is 12.0. The monoisotopic (exact) mass is 280 g/mol. The van der Waals surface area contributed by atoms with Crippen molar-refractivity contribution < 1.29 is 13.9 Å². The molecule has 110 valence electrons. The van der Waals surface area contributed by atoms with Crippen LogP contribution in [-0.4, -0.2) is 37.0 Å². The standard InChI is InChI=1S/C15H21FN2O2/c1-3-18(4-2)10-14(19)17-13-8-9-20-15-11(13)6-5-7-12(15)16/h5-7,13H,3-4,8-10H2,1-2H3,(H,17,19). The summed E-state index contributed by atoms with van der Waals surface area (Å²) in [6.45, 7) is 6.51. The van der Waals surface area contributed by atoms with Crippen LogP contribution in [0, 0.1) is 5.82 Å². The largest absolute Gasteiger partial charge is 0.490 e. The van der Waals surface area contributed by atoms with Crippen LogP contribution in [0.15, 0.2) is 18.2 Å². The van der Waals surface area contributed by atoms with Crippen molar-refractivity contribution in [2.45, 2.75) is 26.3 Å². The first-order chi connectivity index (χ1) is 9.65. The van der Waals surface area contributed by atoms with Crippen LogP contribution < -0.4 is 10.1 Å². The van der Waals surface area contributed by atoms with Gasteiger partial charge in [-0.2, -0.15) is 0 Å². The number of halogens is 1. The second-order valence-electron chi connectivity index (χ2n) is 4.88. The van der Waals surface area contributed by atoms with E-state index in [4.69, 9.17) is 4.74 Å². The van der Waals surface area contributed by atoms with Crippen LogP contribution >= 0.6 is 0 Å². The van der Waals surface area contributed by atoms with Crippen molar-refractivity contribution in [1.29, 1.82) is 0 Å². The summed E-state index contributed by atoms with van der Waals surface area (Å²) < 4.78 is 19.0. The van der Waals surface area contributed by atoms with Gasteiger partial charge in [0.15, 0.2) is 11.6 Å². The van der Waals surface area contributed by atoms with E-state index in [9.17, 15) is 9.18 Å². The minimum Gasteiger partial charge on any atom is -0.490 e. The van der Waals surface area contributed by atoms with Crippen LogP contribution in [0.4, 0.5) is 4.39 Å². The summed E-state index contributed by atoms with van der Waals surface area (Å²) in [6, 6.07) is 4.66. The molecule has 1 heterocycles. The average Bonchev–Trinajstić information content (AvgIpc) is 2.46. The highest BCUT2D eigenvalue weighted by Gasteiger charge is 2.25. The summed E-state index contributed by atoms with van der Waals surface area (Å²) in [7, 11) is 0. The predicted molar refractivity (Wildman–Crippen MR) is 75.2 cm³/mol. The summed E-state index contributed by atoms with van der Waals surface area (Å²) in [5, 5.41) is 2.97. The minimum atomic E-state index is -0.370. The Bertz CT molecular complexity index is 475. The molecule has 0 fully saturated rings. The smallest absolute Gasteiger partial charge is 0.234 e. The highest BCUT2D eigenvalue weighted by molar-refractivity contribution is 5.78. The van der Waals surface area contributed by atoms with E-state index < -0.39 is 0 Å². The fourth-order valence-electron chi connectivity index (χ4n) is 2.43. The van der Waals surface area contributed by atoms with Gasteiger partial charge < -0.3 is 10.1 Å². The van der Waals surface area contributed by atoms with E-state index in [-0.39, 0.29) is 23.5 Å². The van der Waals surface area contributed by atoms with Gasteiger partial charge in [-0.15, -0.1) is 0 Å². The predicted octanol–water partition coefficient (Wildman–Crippen LogP) is 2.11. The Morgan fingerprint density at radius 1 is 1.45 bits per heavy atom. The van der Waals surface area contributed by atoms with Crippen molar-refractivity contribution in [2.75, 3.05) is 26.2 Å². The maximum Gasteiger partial charge on any atom is 0.234 e. The maximum absolute atomic E-state index is 13.7. The Hall–Kier alpha value is -1.62. The molecule has 1 amide bonds. The number of para-hydroxylation sites is 1. The number of amides is 1. The number of nitrogens with zero attached hydrogens (tertiary/aromatic N) is 1. The number of rotatable bonds is 5. The van der Waals surface area contributed by atoms with Gasteiger partial charge in [0, 0.05) is 12.0 Å². The fraction of sp³-hybridized carbons (Fsp3) is 0.533. The zero-order chi connectivity index (χ0) is 14.5. The Morgan fingerprint density at radius 2 is 2.20 bits per heavy atom. The molecule has 0 bridgehead atoms. The lowest BCUT2D eigenvalue weighted by molar-refractivity contribution is -0.123. The molecule has 1 aromatic rings. The first kappa shape index (κ1) is 14.8. The van der Waals surface area contributed by atoms with Crippen molar-refractivity contribution in [1.82, 2.24) is 10.2 Å². The summed E-state index contributed by atoms with van der Waals surface area (Å²) in [4.78, 5) is 14.1. The van der Waals surface area contributed by atoms with Gasteiger partial charge in [-0.1, -0.05) is 26.0 Å². The third-order valence-corrected chi connectivity index (χ3v) is 3.62. The molecule has 20 heavy (non-hydrogen) atoms. The van der Waals surface area contributed by atoms with E-state index >= 15 is 0 Å². The molecule has 1 aliphatic heterocycles. The van der Waals surface area contributed by atoms with Crippen LogP contribution in [0.25, 0.3) is 0 Å². The molecule has 1 atom stereocenters. The number of hydrogen-bond donors (Lipinski definition) is 1. The number of ether oxygens (including phenoxy) is 1. The summed E-state index contributed by atoms with van der Waals surface area (Å²) in [6.07, 6.45) is 0.667. The molecule has 5 heteroatoms. The van der Waals surface area contributed by atoms with Crippen LogP contribution in [0.1, 0.15) is 31.9 Å². The SMILES string of the molecule is CCN(CC)CC(=O)NC1CCOc2c(F)cccc21. The number of likely N-dealkylation sites (N-methyl/N-ethyl adjacent to an activating group) is 1. The molecule has 1 aliphatic rings. The van der Waals surface area contributed by atoms with Gasteiger partial charge in [-0.25, -0.2) is 4.39 Å². The third-order valence-electron chi connectivity index (χ3n) is 3.62. The number of fused-ring (bicyclic) bond motifs is 1. The molecule has 1 N–H and O–H groups in total. The maximum atomic E-state index is 13.7. The van der Waals surface area contributed by atoms with E-state index in [2.05, 4.69) is 5.32 Å². The second-order valence-corrected chi connectivity index (χ2v) is 4.88. The molecule has 0 radical (unpaired) electrons. The molecule has 0 saturated heterocycles. The fourth-order valence-corrected chi connectivity index (χ4v) is 2.43. The first-order valence-corrected chi connectivity index (χ1v) is 7.08. The lowest BCUT2D eigenvalue weighted by Crippen LogP contribution is -2.40. The molecule has 2 rings (SSSR count). The van der Waals surface area contributed by atoms with Crippen LogP contribution in [0.3, 0.4) is 0 Å². The molecule has 1 unspecified atom stereocenters. The first-order valence-electron chi connectivity index (χ1n) is 7.08. The number of benzene rings is 1. The Labute approximate surface area is 118 Å². The molecule has 0 aliphatic carbocycles. The average molecular weight is 280 g/mol. The lowest BCUT2D eigenvalue weighted by atomic mass is 10.0. The van der Waals surface area contributed by atoms with Gasteiger partial charge in [-0.3, -0.25) is 9.69 Å². The van der Waals surface area contributed by atoms with E-state index in [0.717, 1.165) is 18.7 Å². The number of nitrogens with one attached hydrogen (secondary N) is 1. The normalized spacial score (nSPS) is 17.5. The van der Waals surface area contributed by atoms with E-state index in [0.29, 0.717) is 19.6 Å². The highest BCUT2D eigenvalue weighted by Crippen LogP contribution is 2.33. The van der Waals surface area contributed by atoms with E-state index in [1.54, 1.807) is 12.1 Å². The lowest BCUT2D eigenvalue weighted by Gasteiger charge is -2.28.